The monoisotopic (exact) mass is 289 g/mol. The molecule has 2 aliphatic rings. The highest BCUT2D eigenvalue weighted by molar-refractivity contribution is 5.82. The summed E-state index contributed by atoms with van der Waals surface area (Å²) in [4.78, 5) is 22.9. The summed E-state index contributed by atoms with van der Waals surface area (Å²) < 4.78 is 5.26. The van der Waals surface area contributed by atoms with E-state index in [1.165, 1.54) is 5.56 Å². The molecule has 1 heterocycles. The number of carboxylic acids is 1. The molecule has 21 heavy (non-hydrogen) atoms. The lowest BCUT2D eigenvalue weighted by Gasteiger charge is -2.18. The first-order valence-electron chi connectivity index (χ1n) is 7.32. The number of nitrogens with one attached hydrogen (secondary N) is 1. The number of carbonyl (C=O) groups is 2. The zero-order chi connectivity index (χ0) is 14.9. The lowest BCUT2D eigenvalue weighted by atomic mass is 9.96. The summed E-state index contributed by atoms with van der Waals surface area (Å²) in [7, 11) is 0. The molecule has 1 amide bonds. The van der Waals surface area contributed by atoms with Crippen LogP contribution in [0.2, 0.25) is 0 Å². The van der Waals surface area contributed by atoms with Crippen molar-refractivity contribution in [3.8, 4) is 0 Å². The van der Waals surface area contributed by atoms with Crippen molar-refractivity contribution >= 4 is 11.9 Å². The third kappa shape index (κ3) is 2.93. The van der Waals surface area contributed by atoms with E-state index in [-0.39, 0.29) is 11.3 Å². The van der Waals surface area contributed by atoms with Crippen molar-refractivity contribution in [2.24, 2.45) is 0 Å². The third-order valence-electron chi connectivity index (χ3n) is 4.43. The third-order valence-corrected chi connectivity index (χ3v) is 4.43. The minimum atomic E-state index is -0.992. The standard InChI is InChI=1S/C16H19NO4/c18-14(12-6-7-13(21-12)15(19)20)17-10-16(8-9-16)11-4-2-1-3-5-11/h1-5,12-13H,6-10H2,(H,17,18)(H,19,20)/t12-,13+/m0/s1. The zero-order valence-electron chi connectivity index (χ0n) is 11.7. The Bertz CT molecular complexity index is 538. The van der Waals surface area contributed by atoms with Crippen LogP contribution in [0.15, 0.2) is 30.3 Å². The Hall–Kier alpha value is -1.88. The SMILES string of the molecule is O=C(NCC1(c2ccccc2)CC1)[C@@H]1CC[C@H](C(=O)O)O1. The summed E-state index contributed by atoms with van der Waals surface area (Å²) in [6.45, 7) is 0.591. The van der Waals surface area contributed by atoms with Crippen LogP contribution < -0.4 is 5.32 Å². The molecule has 1 saturated carbocycles. The number of carbonyl (C=O) groups excluding carboxylic acids is 1. The van der Waals surface area contributed by atoms with Gasteiger partial charge in [-0.15, -0.1) is 0 Å². The second-order valence-corrected chi connectivity index (χ2v) is 5.89. The van der Waals surface area contributed by atoms with E-state index in [2.05, 4.69) is 17.4 Å². The van der Waals surface area contributed by atoms with Gasteiger partial charge in [0.25, 0.3) is 0 Å². The van der Waals surface area contributed by atoms with Crippen molar-refractivity contribution in [2.75, 3.05) is 6.54 Å². The molecule has 1 aromatic rings. The molecule has 2 atom stereocenters. The van der Waals surface area contributed by atoms with Gasteiger partial charge in [-0.25, -0.2) is 4.79 Å². The number of ether oxygens (including phenoxy) is 1. The Labute approximate surface area is 123 Å². The van der Waals surface area contributed by atoms with Crippen LogP contribution in [0, 0.1) is 0 Å². The average Bonchev–Trinajstić information content (AvgIpc) is 3.12. The highest BCUT2D eigenvalue weighted by Crippen LogP contribution is 2.47. The summed E-state index contributed by atoms with van der Waals surface area (Å²) in [5.41, 5.74) is 1.31. The lowest BCUT2D eigenvalue weighted by Crippen LogP contribution is -2.39. The van der Waals surface area contributed by atoms with Crippen LogP contribution in [0.1, 0.15) is 31.2 Å². The highest BCUT2D eigenvalue weighted by atomic mass is 16.5. The number of benzene rings is 1. The molecule has 0 unspecified atom stereocenters. The number of carboxylic acid groups (broad SMARTS) is 1. The van der Waals surface area contributed by atoms with Gasteiger partial charge in [0.15, 0.2) is 6.10 Å². The molecular formula is C16H19NO4. The highest BCUT2D eigenvalue weighted by Gasteiger charge is 2.45. The van der Waals surface area contributed by atoms with Gasteiger partial charge >= 0.3 is 5.97 Å². The van der Waals surface area contributed by atoms with Crippen LogP contribution in [-0.4, -0.2) is 35.7 Å². The second-order valence-electron chi connectivity index (χ2n) is 5.89. The van der Waals surface area contributed by atoms with Crippen LogP contribution in [0.5, 0.6) is 0 Å². The van der Waals surface area contributed by atoms with Gasteiger partial charge in [0.2, 0.25) is 5.91 Å². The fraction of sp³-hybridized carbons (Fsp3) is 0.500. The Morgan fingerprint density at radius 2 is 1.86 bits per heavy atom. The van der Waals surface area contributed by atoms with Gasteiger partial charge < -0.3 is 15.2 Å². The van der Waals surface area contributed by atoms with Crippen molar-refractivity contribution in [2.45, 2.75) is 43.3 Å². The summed E-state index contributed by atoms with van der Waals surface area (Å²) in [5.74, 6) is -1.19. The maximum atomic E-state index is 12.1. The van der Waals surface area contributed by atoms with E-state index in [4.69, 9.17) is 9.84 Å². The van der Waals surface area contributed by atoms with Gasteiger partial charge in [-0.3, -0.25) is 4.79 Å². The largest absolute Gasteiger partial charge is 0.479 e. The number of amides is 1. The molecule has 2 fully saturated rings. The van der Waals surface area contributed by atoms with Crippen LogP contribution in [0.3, 0.4) is 0 Å². The summed E-state index contributed by atoms with van der Waals surface area (Å²) in [6, 6.07) is 10.2. The van der Waals surface area contributed by atoms with Crippen molar-refractivity contribution < 1.29 is 19.4 Å². The molecular weight excluding hydrogens is 270 g/mol. The molecule has 5 nitrogen and oxygen atoms in total. The molecule has 1 aliphatic carbocycles. The topological polar surface area (TPSA) is 75.6 Å². The van der Waals surface area contributed by atoms with Crippen LogP contribution in [0.25, 0.3) is 0 Å². The molecule has 1 aliphatic heterocycles. The molecule has 0 spiro atoms. The summed E-state index contributed by atoms with van der Waals surface area (Å²) in [5, 5.41) is 11.8. The normalized spacial score (nSPS) is 26.3. The van der Waals surface area contributed by atoms with E-state index in [1.54, 1.807) is 0 Å². The molecule has 3 rings (SSSR count). The smallest absolute Gasteiger partial charge is 0.332 e. The number of rotatable bonds is 5. The van der Waals surface area contributed by atoms with Gasteiger partial charge in [-0.1, -0.05) is 30.3 Å². The fourth-order valence-electron chi connectivity index (χ4n) is 2.89. The van der Waals surface area contributed by atoms with E-state index < -0.39 is 18.2 Å². The van der Waals surface area contributed by atoms with Crippen LogP contribution >= 0.6 is 0 Å². The molecule has 0 bridgehead atoms. The molecule has 0 aromatic heterocycles. The molecule has 112 valence electrons. The van der Waals surface area contributed by atoms with Gasteiger partial charge in [-0.2, -0.15) is 0 Å². The maximum absolute atomic E-state index is 12.1. The summed E-state index contributed by atoms with van der Waals surface area (Å²) >= 11 is 0. The van der Waals surface area contributed by atoms with Crippen molar-refractivity contribution in [3.05, 3.63) is 35.9 Å². The minimum Gasteiger partial charge on any atom is -0.479 e. The molecule has 5 heteroatoms. The average molecular weight is 289 g/mol. The molecule has 1 aromatic carbocycles. The molecule has 0 radical (unpaired) electrons. The molecule has 2 N–H and O–H groups in total. The van der Waals surface area contributed by atoms with E-state index in [0.29, 0.717) is 19.4 Å². The Morgan fingerprint density at radius 3 is 2.43 bits per heavy atom. The predicted molar refractivity (Wildman–Crippen MR) is 75.9 cm³/mol. The van der Waals surface area contributed by atoms with E-state index in [1.807, 2.05) is 18.2 Å². The number of aliphatic carboxylic acids is 1. The summed E-state index contributed by atoms with van der Waals surface area (Å²) in [6.07, 6.45) is 1.54. The van der Waals surface area contributed by atoms with E-state index in [0.717, 1.165) is 12.8 Å². The Morgan fingerprint density at radius 1 is 1.19 bits per heavy atom. The Kier molecular flexibility index (Phi) is 3.68. The van der Waals surface area contributed by atoms with Gasteiger partial charge in [0.05, 0.1) is 0 Å². The fourth-order valence-corrected chi connectivity index (χ4v) is 2.89. The van der Waals surface area contributed by atoms with E-state index in [9.17, 15) is 9.59 Å². The van der Waals surface area contributed by atoms with Crippen LogP contribution in [-0.2, 0) is 19.7 Å². The first kappa shape index (κ1) is 14.1. The minimum absolute atomic E-state index is 0.0573. The van der Waals surface area contributed by atoms with Crippen LogP contribution in [0.4, 0.5) is 0 Å². The van der Waals surface area contributed by atoms with Gasteiger partial charge in [0.1, 0.15) is 6.10 Å². The molecule has 1 saturated heterocycles. The second kappa shape index (κ2) is 5.48. The number of hydrogen-bond acceptors (Lipinski definition) is 3. The van der Waals surface area contributed by atoms with Gasteiger partial charge in [0, 0.05) is 12.0 Å². The number of hydrogen-bond donors (Lipinski definition) is 2. The quantitative estimate of drug-likeness (QED) is 0.860. The Balaban J connectivity index is 1.54. The predicted octanol–water partition coefficient (Wildman–Crippen LogP) is 1.47. The van der Waals surface area contributed by atoms with Crippen molar-refractivity contribution in [3.63, 3.8) is 0 Å². The van der Waals surface area contributed by atoms with Crippen molar-refractivity contribution in [1.29, 1.82) is 0 Å². The first-order valence-corrected chi connectivity index (χ1v) is 7.32. The zero-order valence-corrected chi connectivity index (χ0v) is 11.7. The van der Waals surface area contributed by atoms with Gasteiger partial charge in [-0.05, 0) is 31.2 Å². The lowest BCUT2D eigenvalue weighted by molar-refractivity contribution is -0.151. The van der Waals surface area contributed by atoms with E-state index >= 15 is 0 Å². The first-order chi connectivity index (χ1) is 10.1. The maximum Gasteiger partial charge on any atom is 0.332 e. The van der Waals surface area contributed by atoms with Crippen molar-refractivity contribution in [1.82, 2.24) is 5.32 Å².